The molecular formula is C11H10N2O4. The van der Waals surface area contributed by atoms with Gasteiger partial charge in [-0.25, -0.2) is 4.79 Å². The van der Waals surface area contributed by atoms with E-state index in [2.05, 4.69) is 10.2 Å². The molecule has 6 heteroatoms. The molecule has 88 valence electrons. The zero-order chi connectivity index (χ0) is 12.3. The van der Waals surface area contributed by atoms with Gasteiger partial charge in [0, 0.05) is 0 Å². The fourth-order valence-corrected chi connectivity index (χ4v) is 1.26. The Morgan fingerprint density at radius 1 is 1.41 bits per heavy atom. The third-order valence-corrected chi connectivity index (χ3v) is 2.09. The van der Waals surface area contributed by atoms with Crippen LogP contribution in [0.1, 0.15) is 22.1 Å². The molecule has 0 radical (unpaired) electrons. The molecule has 1 aromatic carbocycles. The number of aromatic carboxylic acids is 1. The molecule has 1 aromatic heterocycles. The Balaban J connectivity index is 2.02. The van der Waals surface area contributed by atoms with Gasteiger partial charge >= 0.3 is 11.9 Å². The molecule has 0 bridgehead atoms. The highest BCUT2D eigenvalue weighted by molar-refractivity contribution is 5.81. The van der Waals surface area contributed by atoms with Crippen LogP contribution >= 0.6 is 0 Å². The monoisotopic (exact) mass is 234 g/mol. The summed E-state index contributed by atoms with van der Waals surface area (Å²) in [6.45, 7) is 1.96. The third-order valence-electron chi connectivity index (χ3n) is 2.09. The summed E-state index contributed by atoms with van der Waals surface area (Å²) >= 11 is 0. The molecule has 0 spiro atoms. The summed E-state index contributed by atoms with van der Waals surface area (Å²) in [5, 5.41) is 15.5. The summed E-state index contributed by atoms with van der Waals surface area (Å²) < 4.78 is 10.3. The van der Waals surface area contributed by atoms with E-state index in [4.69, 9.17) is 14.3 Å². The average Bonchev–Trinajstić information content (AvgIpc) is 2.77. The molecular weight excluding hydrogens is 224 g/mol. The van der Waals surface area contributed by atoms with Crippen LogP contribution in [0.3, 0.4) is 0 Å². The van der Waals surface area contributed by atoms with Gasteiger partial charge in [-0.05, 0) is 18.6 Å². The number of nitrogens with zero attached hydrogens (tertiary/aromatic N) is 2. The normalized spacial score (nSPS) is 10.2. The molecule has 17 heavy (non-hydrogen) atoms. The van der Waals surface area contributed by atoms with Gasteiger partial charge in [0.1, 0.15) is 5.75 Å². The Morgan fingerprint density at radius 2 is 2.18 bits per heavy atom. The molecule has 2 rings (SSSR count). The van der Waals surface area contributed by atoms with Crippen LogP contribution < -0.4 is 4.74 Å². The first kappa shape index (κ1) is 11.1. The lowest BCUT2D eigenvalue weighted by atomic mass is 10.2. The maximum atomic E-state index is 10.5. The number of carboxylic acids is 1. The van der Waals surface area contributed by atoms with Crippen molar-refractivity contribution in [3.63, 3.8) is 0 Å². The Bertz CT molecular complexity index is 536. The number of carbonyl (C=O) groups is 1. The first-order chi connectivity index (χ1) is 8.16. The van der Waals surface area contributed by atoms with Crippen molar-refractivity contribution >= 4 is 5.97 Å². The summed E-state index contributed by atoms with van der Waals surface area (Å²) in [6, 6.07) is 7.46. The van der Waals surface area contributed by atoms with E-state index in [1.807, 2.05) is 31.2 Å². The van der Waals surface area contributed by atoms with Crippen LogP contribution in [0, 0.1) is 6.92 Å². The second-order valence-corrected chi connectivity index (χ2v) is 3.36. The van der Waals surface area contributed by atoms with E-state index in [9.17, 15) is 4.79 Å². The summed E-state index contributed by atoms with van der Waals surface area (Å²) in [5.74, 6) is -0.860. The lowest BCUT2D eigenvalue weighted by Crippen LogP contribution is -1.97. The Morgan fingerprint density at radius 3 is 2.82 bits per heavy atom. The summed E-state index contributed by atoms with van der Waals surface area (Å²) in [4.78, 5) is 10.5. The van der Waals surface area contributed by atoms with E-state index in [1.54, 1.807) is 0 Å². The minimum absolute atomic E-state index is 0.0468. The Hall–Kier alpha value is -2.37. The van der Waals surface area contributed by atoms with Crippen LogP contribution in [0.4, 0.5) is 0 Å². The van der Waals surface area contributed by atoms with E-state index in [0.717, 1.165) is 5.56 Å². The zero-order valence-electron chi connectivity index (χ0n) is 9.08. The van der Waals surface area contributed by atoms with E-state index in [-0.39, 0.29) is 12.5 Å². The van der Waals surface area contributed by atoms with Crippen molar-refractivity contribution in [2.24, 2.45) is 0 Å². The second-order valence-electron chi connectivity index (χ2n) is 3.36. The van der Waals surface area contributed by atoms with Gasteiger partial charge < -0.3 is 14.3 Å². The number of carboxylic acid groups (broad SMARTS) is 1. The molecule has 0 saturated carbocycles. The third kappa shape index (κ3) is 2.60. The lowest BCUT2D eigenvalue weighted by Gasteiger charge is -2.05. The predicted molar refractivity (Wildman–Crippen MR) is 56.8 cm³/mol. The van der Waals surface area contributed by atoms with E-state index in [1.165, 1.54) is 0 Å². The highest BCUT2D eigenvalue weighted by atomic mass is 16.5. The molecule has 0 aliphatic carbocycles. The van der Waals surface area contributed by atoms with Crippen LogP contribution in [0.2, 0.25) is 0 Å². The van der Waals surface area contributed by atoms with Gasteiger partial charge in [-0.2, -0.15) is 0 Å². The number of aromatic nitrogens is 2. The fourth-order valence-electron chi connectivity index (χ4n) is 1.26. The Kier molecular flexibility index (Phi) is 3.04. The van der Waals surface area contributed by atoms with Crippen LogP contribution in [-0.4, -0.2) is 21.3 Å². The Labute approximate surface area is 96.9 Å². The van der Waals surface area contributed by atoms with E-state index in [0.29, 0.717) is 5.75 Å². The van der Waals surface area contributed by atoms with Crippen molar-refractivity contribution in [1.82, 2.24) is 10.2 Å². The van der Waals surface area contributed by atoms with E-state index < -0.39 is 11.9 Å². The van der Waals surface area contributed by atoms with Gasteiger partial charge in [0.25, 0.3) is 5.89 Å². The van der Waals surface area contributed by atoms with Crippen LogP contribution in [0.25, 0.3) is 0 Å². The van der Waals surface area contributed by atoms with Crippen molar-refractivity contribution in [1.29, 1.82) is 0 Å². The highest BCUT2D eigenvalue weighted by Crippen LogP contribution is 2.17. The second kappa shape index (κ2) is 4.65. The molecule has 0 atom stereocenters. The molecule has 0 saturated heterocycles. The molecule has 1 heterocycles. The summed E-state index contributed by atoms with van der Waals surface area (Å²) in [7, 11) is 0. The van der Waals surface area contributed by atoms with Gasteiger partial charge in [-0.15, -0.1) is 10.2 Å². The highest BCUT2D eigenvalue weighted by Gasteiger charge is 2.13. The molecule has 6 nitrogen and oxygen atoms in total. The van der Waals surface area contributed by atoms with Crippen molar-refractivity contribution in [2.75, 3.05) is 0 Å². The fraction of sp³-hybridized carbons (Fsp3) is 0.182. The summed E-state index contributed by atoms with van der Waals surface area (Å²) in [6.07, 6.45) is 0. The number of para-hydroxylation sites is 1. The van der Waals surface area contributed by atoms with Gasteiger partial charge in [-0.1, -0.05) is 18.2 Å². The smallest absolute Gasteiger partial charge is 0.393 e. The topological polar surface area (TPSA) is 85.5 Å². The quantitative estimate of drug-likeness (QED) is 0.865. The van der Waals surface area contributed by atoms with Crippen molar-refractivity contribution in [2.45, 2.75) is 13.5 Å². The van der Waals surface area contributed by atoms with Crippen LogP contribution in [0.15, 0.2) is 28.7 Å². The minimum atomic E-state index is -1.25. The van der Waals surface area contributed by atoms with Crippen LogP contribution in [-0.2, 0) is 6.61 Å². The molecule has 0 aliphatic heterocycles. The maximum Gasteiger partial charge on any atom is 0.393 e. The van der Waals surface area contributed by atoms with E-state index >= 15 is 0 Å². The number of benzene rings is 1. The molecule has 0 unspecified atom stereocenters. The molecule has 0 fully saturated rings. The van der Waals surface area contributed by atoms with Crippen molar-refractivity contribution in [3.05, 3.63) is 41.6 Å². The van der Waals surface area contributed by atoms with Crippen molar-refractivity contribution in [3.8, 4) is 5.75 Å². The van der Waals surface area contributed by atoms with Gasteiger partial charge in [0.15, 0.2) is 6.61 Å². The SMILES string of the molecule is Cc1ccccc1OCc1nnc(C(=O)O)o1. The average molecular weight is 234 g/mol. The van der Waals surface area contributed by atoms with Crippen LogP contribution in [0.5, 0.6) is 5.75 Å². The molecule has 2 aromatic rings. The standard InChI is InChI=1S/C11H10N2O4/c1-7-4-2-3-5-8(7)16-6-9-12-13-10(17-9)11(14)15/h2-5H,6H2,1H3,(H,14,15). The number of hydrogen-bond acceptors (Lipinski definition) is 5. The lowest BCUT2D eigenvalue weighted by molar-refractivity contribution is 0.0649. The molecule has 0 amide bonds. The van der Waals surface area contributed by atoms with Gasteiger partial charge in [0.2, 0.25) is 0 Å². The van der Waals surface area contributed by atoms with Gasteiger partial charge in [0.05, 0.1) is 0 Å². The molecule has 0 aliphatic rings. The van der Waals surface area contributed by atoms with Gasteiger partial charge in [-0.3, -0.25) is 0 Å². The first-order valence-corrected chi connectivity index (χ1v) is 4.91. The summed E-state index contributed by atoms with van der Waals surface area (Å²) in [5.41, 5.74) is 0.977. The number of rotatable bonds is 4. The molecule has 1 N–H and O–H groups in total. The minimum Gasteiger partial charge on any atom is -0.484 e. The number of ether oxygens (including phenoxy) is 1. The first-order valence-electron chi connectivity index (χ1n) is 4.91. The maximum absolute atomic E-state index is 10.5. The van der Waals surface area contributed by atoms with Crippen molar-refractivity contribution < 1.29 is 19.1 Å². The largest absolute Gasteiger partial charge is 0.484 e. The predicted octanol–water partition coefficient (Wildman–Crippen LogP) is 1.66. The zero-order valence-corrected chi connectivity index (χ0v) is 9.08. The number of aryl methyl sites for hydroxylation is 1. The number of hydrogen-bond donors (Lipinski definition) is 1.